The maximum absolute atomic E-state index is 12.8. The van der Waals surface area contributed by atoms with Crippen molar-refractivity contribution in [1.29, 1.82) is 0 Å². The molecule has 204 valence electrons. The topological polar surface area (TPSA) is 112 Å². The molecule has 0 aromatic heterocycles. The zero-order valence-electron chi connectivity index (χ0n) is 21.4. The molecule has 1 aliphatic heterocycles. The molecule has 3 aromatic carbocycles. The Morgan fingerprint density at radius 2 is 1.74 bits per heavy atom. The second-order valence-electron chi connectivity index (χ2n) is 9.37. The highest BCUT2D eigenvalue weighted by atomic mass is 35.5. The predicted molar refractivity (Wildman–Crippen MR) is 146 cm³/mol. The number of hydrogen-bond donors (Lipinski definition) is 3. The van der Waals surface area contributed by atoms with Crippen LogP contribution in [0.15, 0.2) is 66.7 Å². The van der Waals surface area contributed by atoms with Gasteiger partial charge in [-0.15, -0.1) is 0 Å². The summed E-state index contributed by atoms with van der Waals surface area (Å²) < 4.78 is 23.9. The standard InChI is InChI=1S/C29H35ClN2O6/c1-35-18-24-27(34)28(36-16-19-9-12-23(30)13-10-19)26(32-25(33)7-4-14-31)29(38-24)37-17-20-8-11-21-5-2-3-6-22(21)15-20/h2-3,5-6,8-13,15,24,26-29,34H,4,7,14,16-18,31H2,1H3,(H,32,33)/t24-,26-,27-,28-,29-/m1/s1. The summed E-state index contributed by atoms with van der Waals surface area (Å²) in [6.07, 6.45) is -2.71. The lowest BCUT2D eigenvalue weighted by molar-refractivity contribution is -0.282. The Kier molecular flexibility index (Phi) is 10.5. The minimum atomic E-state index is -1.07. The number of methoxy groups -OCH3 is 1. The fourth-order valence-corrected chi connectivity index (χ4v) is 4.64. The van der Waals surface area contributed by atoms with Gasteiger partial charge in [-0.05, 0) is 53.1 Å². The van der Waals surface area contributed by atoms with Crippen molar-refractivity contribution in [3.05, 3.63) is 82.9 Å². The molecule has 0 saturated carbocycles. The van der Waals surface area contributed by atoms with E-state index in [1.807, 2.05) is 42.5 Å². The Balaban J connectivity index is 1.55. The number of halogens is 1. The molecule has 4 rings (SSSR count). The van der Waals surface area contributed by atoms with Crippen LogP contribution < -0.4 is 11.1 Å². The summed E-state index contributed by atoms with van der Waals surface area (Å²) >= 11 is 6.01. The van der Waals surface area contributed by atoms with Gasteiger partial charge in [-0.3, -0.25) is 4.79 Å². The highest BCUT2D eigenvalue weighted by molar-refractivity contribution is 6.30. The molecule has 4 N–H and O–H groups in total. The lowest BCUT2D eigenvalue weighted by atomic mass is 9.96. The van der Waals surface area contributed by atoms with Crippen LogP contribution in [-0.4, -0.2) is 61.9 Å². The molecule has 1 heterocycles. The van der Waals surface area contributed by atoms with Crippen LogP contribution in [-0.2, 0) is 37.0 Å². The highest BCUT2D eigenvalue weighted by Crippen LogP contribution is 2.27. The van der Waals surface area contributed by atoms with Gasteiger partial charge in [0.1, 0.15) is 24.4 Å². The first-order valence-corrected chi connectivity index (χ1v) is 13.1. The van der Waals surface area contributed by atoms with Crippen LogP contribution in [0.4, 0.5) is 0 Å². The van der Waals surface area contributed by atoms with E-state index in [1.54, 1.807) is 12.1 Å². The summed E-state index contributed by atoms with van der Waals surface area (Å²) in [5, 5.41) is 17.0. The van der Waals surface area contributed by atoms with Gasteiger partial charge < -0.3 is 35.1 Å². The van der Waals surface area contributed by atoms with Gasteiger partial charge in [0.15, 0.2) is 6.29 Å². The lowest BCUT2D eigenvalue weighted by Crippen LogP contribution is -2.65. The summed E-state index contributed by atoms with van der Waals surface area (Å²) in [6, 6.07) is 20.7. The Labute approximate surface area is 228 Å². The molecule has 5 atom stereocenters. The fourth-order valence-electron chi connectivity index (χ4n) is 4.51. The largest absolute Gasteiger partial charge is 0.388 e. The first-order chi connectivity index (χ1) is 18.5. The number of ether oxygens (including phenoxy) is 4. The van der Waals surface area contributed by atoms with Crippen LogP contribution in [0, 0.1) is 0 Å². The summed E-state index contributed by atoms with van der Waals surface area (Å²) in [6.45, 7) is 0.965. The van der Waals surface area contributed by atoms with Crippen LogP contribution in [0.3, 0.4) is 0 Å². The molecule has 1 aliphatic rings. The zero-order valence-corrected chi connectivity index (χ0v) is 22.2. The molecule has 3 aromatic rings. The third-order valence-electron chi connectivity index (χ3n) is 6.52. The monoisotopic (exact) mass is 542 g/mol. The first-order valence-electron chi connectivity index (χ1n) is 12.8. The van der Waals surface area contributed by atoms with Gasteiger partial charge in [-0.1, -0.05) is 60.1 Å². The average molecular weight is 543 g/mol. The van der Waals surface area contributed by atoms with E-state index in [-0.39, 0.29) is 32.1 Å². The number of rotatable bonds is 12. The molecular weight excluding hydrogens is 508 g/mol. The highest BCUT2D eigenvalue weighted by Gasteiger charge is 2.47. The summed E-state index contributed by atoms with van der Waals surface area (Å²) in [5.74, 6) is -0.221. The Hall–Kier alpha value is -2.56. The number of amides is 1. The van der Waals surface area contributed by atoms with Crippen LogP contribution in [0.5, 0.6) is 0 Å². The number of nitrogens with one attached hydrogen (secondary N) is 1. The normalized spacial score (nSPS) is 23.4. The Morgan fingerprint density at radius 1 is 1.03 bits per heavy atom. The average Bonchev–Trinajstić information content (AvgIpc) is 2.93. The van der Waals surface area contributed by atoms with Crippen molar-refractivity contribution in [1.82, 2.24) is 5.32 Å². The van der Waals surface area contributed by atoms with Crippen molar-refractivity contribution < 1.29 is 28.8 Å². The van der Waals surface area contributed by atoms with Crippen molar-refractivity contribution in [2.24, 2.45) is 5.73 Å². The third kappa shape index (κ3) is 7.51. The molecule has 38 heavy (non-hydrogen) atoms. The first kappa shape index (κ1) is 28.4. The molecule has 0 radical (unpaired) electrons. The van der Waals surface area contributed by atoms with Gasteiger partial charge in [-0.25, -0.2) is 0 Å². The molecule has 0 unspecified atom stereocenters. The number of aliphatic hydroxyl groups excluding tert-OH is 1. The van der Waals surface area contributed by atoms with Crippen LogP contribution in [0.2, 0.25) is 5.02 Å². The fraction of sp³-hybridized carbons (Fsp3) is 0.414. The number of carbonyl (C=O) groups excluding carboxylic acids is 1. The lowest BCUT2D eigenvalue weighted by Gasteiger charge is -2.44. The number of fused-ring (bicyclic) bond motifs is 1. The second-order valence-corrected chi connectivity index (χ2v) is 9.81. The van der Waals surface area contributed by atoms with E-state index in [2.05, 4.69) is 17.4 Å². The smallest absolute Gasteiger partial charge is 0.220 e. The maximum atomic E-state index is 12.8. The van der Waals surface area contributed by atoms with Crippen LogP contribution >= 0.6 is 11.6 Å². The molecule has 0 spiro atoms. The van der Waals surface area contributed by atoms with E-state index in [0.717, 1.165) is 21.9 Å². The van der Waals surface area contributed by atoms with Gasteiger partial charge >= 0.3 is 0 Å². The van der Waals surface area contributed by atoms with E-state index < -0.39 is 30.6 Å². The molecule has 1 fully saturated rings. The summed E-state index contributed by atoms with van der Waals surface area (Å²) in [4.78, 5) is 12.8. The van der Waals surface area contributed by atoms with Crippen molar-refractivity contribution >= 4 is 28.3 Å². The number of aliphatic hydroxyl groups is 1. The van der Waals surface area contributed by atoms with E-state index in [9.17, 15) is 9.90 Å². The Morgan fingerprint density at radius 3 is 2.47 bits per heavy atom. The van der Waals surface area contributed by atoms with Crippen molar-refractivity contribution in [3.63, 3.8) is 0 Å². The van der Waals surface area contributed by atoms with Crippen molar-refractivity contribution in [3.8, 4) is 0 Å². The van der Waals surface area contributed by atoms with E-state index >= 15 is 0 Å². The number of hydrogen-bond acceptors (Lipinski definition) is 7. The quantitative estimate of drug-likeness (QED) is 0.321. The van der Waals surface area contributed by atoms with E-state index in [4.69, 9.17) is 36.3 Å². The van der Waals surface area contributed by atoms with Gasteiger partial charge in [0, 0.05) is 18.6 Å². The minimum absolute atomic E-state index is 0.131. The summed E-state index contributed by atoms with van der Waals surface area (Å²) in [5.41, 5.74) is 7.42. The molecule has 0 aliphatic carbocycles. The van der Waals surface area contributed by atoms with Crippen LogP contribution in [0.25, 0.3) is 10.8 Å². The van der Waals surface area contributed by atoms with E-state index in [0.29, 0.717) is 18.0 Å². The van der Waals surface area contributed by atoms with Gasteiger partial charge in [0.25, 0.3) is 0 Å². The molecular formula is C29H35ClN2O6. The molecule has 0 bridgehead atoms. The van der Waals surface area contributed by atoms with Crippen LogP contribution in [0.1, 0.15) is 24.0 Å². The Bertz CT molecular complexity index is 1180. The second kappa shape index (κ2) is 14.0. The third-order valence-corrected chi connectivity index (χ3v) is 6.78. The SMILES string of the molecule is COC[C@H]1O[C@@H](OCc2ccc3ccccc3c2)[C@H](NC(=O)CCCN)[C@@H](OCc2ccc(Cl)cc2)[C@@H]1O. The van der Waals surface area contributed by atoms with Crippen molar-refractivity contribution in [2.45, 2.75) is 56.7 Å². The molecule has 1 amide bonds. The number of nitrogens with two attached hydrogens (primary N) is 1. The zero-order chi connectivity index (χ0) is 26.9. The molecule has 8 nitrogen and oxygen atoms in total. The van der Waals surface area contributed by atoms with Gasteiger partial charge in [-0.2, -0.15) is 0 Å². The number of carbonyl (C=O) groups is 1. The maximum Gasteiger partial charge on any atom is 0.220 e. The van der Waals surface area contributed by atoms with E-state index in [1.165, 1.54) is 7.11 Å². The molecule has 9 heteroatoms. The number of benzene rings is 3. The van der Waals surface area contributed by atoms with Crippen molar-refractivity contribution in [2.75, 3.05) is 20.3 Å². The minimum Gasteiger partial charge on any atom is -0.388 e. The predicted octanol–water partition coefficient (Wildman–Crippen LogP) is 3.55. The summed E-state index contributed by atoms with van der Waals surface area (Å²) in [7, 11) is 1.53. The van der Waals surface area contributed by atoms with Gasteiger partial charge in [0.05, 0.1) is 19.8 Å². The van der Waals surface area contributed by atoms with Gasteiger partial charge in [0.2, 0.25) is 5.91 Å². The molecule has 1 saturated heterocycles.